The normalized spacial score (nSPS) is 14.5. The van der Waals surface area contributed by atoms with Crippen molar-refractivity contribution in [2.45, 2.75) is 50.9 Å². The number of para-hydroxylation sites is 1. The molecule has 4 unspecified atom stereocenters. The zero-order valence-electron chi connectivity index (χ0n) is 18.1. The van der Waals surface area contributed by atoms with E-state index in [1.54, 1.807) is 6.20 Å². The van der Waals surface area contributed by atoms with E-state index < -0.39 is 60.2 Å². The number of rotatable bonds is 11. The van der Waals surface area contributed by atoms with E-state index in [0.29, 0.717) is 5.56 Å². The molecule has 33 heavy (non-hydrogen) atoms. The van der Waals surface area contributed by atoms with Crippen LogP contribution in [0.5, 0.6) is 0 Å². The van der Waals surface area contributed by atoms with E-state index >= 15 is 0 Å². The van der Waals surface area contributed by atoms with Gasteiger partial charge in [-0.3, -0.25) is 24.0 Å². The zero-order chi connectivity index (χ0) is 24.7. The molecular weight excluding hydrogens is 434 g/mol. The Morgan fingerprint density at radius 1 is 0.939 bits per heavy atom. The number of hydrogen-bond donors (Lipinski definition) is 7. The van der Waals surface area contributed by atoms with Crippen LogP contribution in [-0.2, 0) is 30.4 Å². The molecule has 0 saturated carbocycles. The fourth-order valence-corrected chi connectivity index (χ4v) is 3.07. The van der Waals surface area contributed by atoms with Crippen LogP contribution in [0.1, 0.15) is 25.8 Å². The van der Waals surface area contributed by atoms with Gasteiger partial charge in [-0.2, -0.15) is 0 Å². The van der Waals surface area contributed by atoms with Crippen molar-refractivity contribution in [1.82, 2.24) is 20.9 Å². The molecule has 1 heterocycles. The number of carboxylic acid groups (broad SMARTS) is 2. The van der Waals surface area contributed by atoms with Crippen LogP contribution in [0.3, 0.4) is 0 Å². The molecule has 1 aromatic heterocycles. The molecule has 3 amide bonds. The van der Waals surface area contributed by atoms with Gasteiger partial charge >= 0.3 is 11.9 Å². The van der Waals surface area contributed by atoms with Crippen molar-refractivity contribution in [3.8, 4) is 0 Å². The van der Waals surface area contributed by atoms with Gasteiger partial charge in [0.25, 0.3) is 0 Å². The van der Waals surface area contributed by atoms with Crippen molar-refractivity contribution < 1.29 is 34.2 Å². The summed E-state index contributed by atoms with van der Waals surface area (Å²) in [6.45, 7) is 2.64. The summed E-state index contributed by atoms with van der Waals surface area (Å²) >= 11 is 0. The summed E-state index contributed by atoms with van der Waals surface area (Å²) in [5.74, 6) is -4.79. The molecule has 2 aromatic rings. The van der Waals surface area contributed by atoms with Crippen LogP contribution < -0.4 is 21.7 Å². The highest BCUT2D eigenvalue weighted by Gasteiger charge is 2.28. The Labute approximate surface area is 188 Å². The summed E-state index contributed by atoms with van der Waals surface area (Å²) in [6, 6.07) is 2.52. The minimum Gasteiger partial charge on any atom is -0.481 e. The summed E-state index contributed by atoms with van der Waals surface area (Å²) in [5.41, 5.74) is 7.04. The van der Waals surface area contributed by atoms with Gasteiger partial charge in [-0.25, -0.2) is 0 Å². The van der Waals surface area contributed by atoms with Crippen LogP contribution in [0.2, 0.25) is 0 Å². The van der Waals surface area contributed by atoms with Crippen LogP contribution in [0.25, 0.3) is 10.9 Å². The van der Waals surface area contributed by atoms with Crippen LogP contribution >= 0.6 is 0 Å². The average molecular weight is 461 g/mol. The molecule has 0 saturated heterocycles. The molecule has 0 aliphatic heterocycles. The van der Waals surface area contributed by atoms with Crippen LogP contribution in [-0.4, -0.2) is 69.0 Å². The van der Waals surface area contributed by atoms with Crippen molar-refractivity contribution in [1.29, 1.82) is 0 Å². The number of aromatic amines is 1. The number of benzene rings is 1. The van der Waals surface area contributed by atoms with Gasteiger partial charge in [-0.15, -0.1) is 0 Å². The number of nitrogens with one attached hydrogen (secondary N) is 4. The number of aliphatic carboxylic acids is 2. The average Bonchev–Trinajstić information content (AvgIpc) is 3.15. The fraction of sp³-hybridized carbons (Fsp3) is 0.381. The van der Waals surface area contributed by atoms with Crippen LogP contribution in [0, 0.1) is 0 Å². The second kappa shape index (κ2) is 11.1. The van der Waals surface area contributed by atoms with Gasteiger partial charge in [0, 0.05) is 23.5 Å². The highest BCUT2D eigenvalue weighted by atomic mass is 16.4. The smallest absolute Gasteiger partial charge is 0.325 e. The molecule has 1 aromatic carbocycles. The number of carboxylic acids is 2. The molecule has 0 spiro atoms. The molecule has 0 radical (unpaired) electrons. The standard InChI is InChI=1S/C21H27N5O7/c1-10(24-19(30)14(22)8-17(27)28)18(29)26-16(20(31)25-11(2)21(32)33)7-12-9-23-15-6-4-3-5-13(12)15/h3-6,9-11,14,16,23H,7-8,22H2,1-2H3,(H,24,30)(H,25,31)(H,26,29)(H,27,28)(H,32,33). The third kappa shape index (κ3) is 7.04. The highest BCUT2D eigenvalue weighted by Crippen LogP contribution is 2.19. The monoisotopic (exact) mass is 461 g/mol. The number of H-pyrrole nitrogens is 1. The molecule has 0 aliphatic carbocycles. The number of amides is 3. The second-order valence-corrected chi connectivity index (χ2v) is 7.63. The maximum Gasteiger partial charge on any atom is 0.325 e. The summed E-state index contributed by atoms with van der Waals surface area (Å²) in [7, 11) is 0. The van der Waals surface area contributed by atoms with E-state index in [4.69, 9.17) is 15.9 Å². The Morgan fingerprint density at radius 3 is 2.21 bits per heavy atom. The first-order valence-electron chi connectivity index (χ1n) is 10.2. The Balaban J connectivity index is 2.16. The van der Waals surface area contributed by atoms with Gasteiger partial charge in [-0.05, 0) is 25.5 Å². The lowest BCUT2D eigenvalue weighted by atomic mass is 10.0. The minimum absolute atomic E-state index is 0.0487. The van der Waals surface area contributed by atoms with Gasteiger partial charge < -0.3 is 36.9 Å². The first kappa shape index (κ1) is 25.3. The number of aromatic nitrogens is 1. The molecule has 8 N–H and O–H groups in total. The SMILES string of the molecule is CC(NC(=O)C(Cc1c[nH]c2ccccc12)NC(=O)C(C)NC(=O)C(N)CC(=O)O)C(=O)O. The van der Waals surface area contributed by atoms with Crippen molar-refractivity contribution in [2.75, 3.05) is 0 Å². The summed E-state index contributed by atoms with van der Waals surface area (Å²) < 4.78 is 0. The quantitative estimate of drug-likeness (QED) is 0.223. The number of carbonyl (C=O) groups is 5. The van der Waals surface area contributed by atoms with E-state index in [2.05, 4.69) is 20.9 Å². The maximum absolute atomic E-state index is 12.8. The van der Waals surface area contributed by atoms with Gasteiger partial charge in [0.2, 0.25) is 17.7 Å². The Hall–Kier alpha value is -3.93. The summed E-state index contributed by atoms with van der Waals surface area (Å²) in [4.78, 5) is 62.3. The Morgan fingerprint density at radius 2 is 1.58 bits per heavy atom. The van der Waals surface area contributed by atoms with Gasteiger partial charge in [0.1, 0.15) is 18.1 Å². The topological polar surface area (TPSA) is 204 Å². The molecular formula is C21H27N5O7. The molecule has 0 aliphatic rings. The van der Waals surface area contributed by atoms with E-state index in [9.17, 15) is 24.0 Å². The van der Waals surface area contributed by atoms with Gasteiger partial charge in [0.15, 0.2) is 0 Å². The minimum atomic E-state index is -1.35. The molecule has 178 valence electrons. The fourth-order valence-electron chi connectivity index (χ4n) is 3.07. The highest BCUT2D eigenvalue weighted by molar-refractivity contribution is 5.95. The first-order valence-corrected chi connectivity index (χ1v) is 10.2. The van der Waals surface area contributed by atoms with Crippen molar-refractivity contribution in [3.63, 3.8) is 0 Å². The number of nitrogens with two attached hydrogens (primary N) is 1. The third-order valence-corrected chi connectivity index (χ3v) is 4.94. The summed E-state index contributed by atoms with van der Waals surface area (Å²) in [6.07, 6.45) is 1.12. The number of hydrogen-bond acceptors (Lipinski definition) is 6. The van der Waals surface area contributed by atoms with Crippen molar-refractivity contribution in [2.24, 2.45) is 5.73 Å². The van der Waals surface area contributed by atoms with Gasteiger partial charge in [-0.1, -0.05) is 18.2 Å². The van der Waals surface area contributed by atoms with Crippen molar-refractivity contribution >= 4 is 40.6 Å². The lowest BCUT2D eigenvalue weighted by Gasteiger charge is -2.23. The zero-order valence-corrected chi connectivity index (χ0v) is 18.1. The van der Waals surface area contributed by atoms with E-state index in [0.717, 1.165) is 10.9 Å². The Kier molecular flexibility index (Phi) is 8.51. The van der Waals surface area contributed by atoms with Gasteiger partial charge in [0.05, 0.1) is 12.5 Å². The number of fused-ring (bicyclic) bond motifs is 1. The third-order valence-electron chi connectivity index (χ3n) is 4.94. The Bertz CT molecular complexity index is 1050. The maximum atomic E-state index is 12.8. The van der Waals surface area contributed by atoms with E-state index in [-0.39, 0.29) is 6.42 Å². The molecule has 0 bridgehead atoms. The predicted molar refractivity (Wildman–Crippen MR) is 117 cm³/mol. The summed E-state index contributed by atoms with van der Waals surface area (Å²) in [5, 5.41) is 25.8. The van der Waals surface area contributed by atoms with Crippen LogP contribution in [0.4, 0.5) is 0 Å². The molecule has 12 heteroatoms. The lowest BCUT2D eigenvalue weighted by Crippen LogP contribution is -2.56. The molecule has 12 nitrogen and oxygen atoms in total. The number of carbonyl (C=O) groups excluding carboxylic acids is 3. The second-order valence-electron chi connectivity index (χ2n) is 7.63. The first-order chi connectivity index (χ1) is 15.5. The molecule has 2 rings (SSSR count). The van der Waals surface area contributed by atoms with Crippen molar-refractivity contribution in [3.05, 3.63) is 36.0 Å². The molecule has 0 fully saturated rings. The largest absolute Gasteiger partial charge is 0.481 e. The molecule has 4 atom stereocenters. The predicted octanol–water partition coefficient (Wildman–Crippen LogP) is -0.909. The van der Waals surface area contributed by atoms with Crippen LogP contribution in [0.15, 0.2) is 30.5 Å². The van der Waals surface area contributed by atoms with E-state index in [1.165, 1.54) is 13.8 Å². The van der Waals surface area contributed by atoms with E-state index in [1.807, 2.05) is 24.3 Å². The lowest BCUT2D eigenvalue weighted by molar-refractivity contribution is -0.141.